The van der Waals surface area contributed by atoms with E-state index in [9.17, 15) is 0 Å². The van der Waals surface area contributed by atoms with E-state index in [2.05, 4.69) is 63.1 Å². The van der Waals surface area contributed by atoms with E-state index in [4.69, 9.17) is 26.4 Å². The van der Waals surface area contributed by atoms with Gasteiger partial charge < -0.3 is 24.0 Å². The Morgan fingerprint density at radius 1 is 0.889 bits per heavy atom. The Morgan fingerprint density at radius 3 is 2.22 bits per heavy atom. The first-order valence-electron chi connectivity index (χ1n) is 12.2. The molecule has 1 atom stereocenters. The number of hydrogen-bond donors (Lipinski definition) is 0. The summed E-state index contributed by atoms with van der Waals surface area (Å²) in [7, 11) is 5.71. The van der Waals surface area contributed by atoms with E-state index in [1.807, 2.05) is 60.5 Å². The van der Waals surface area contributed by atoms with E-state index in [1.54, 1.807) is 7.11 Å². The zero-order valence-electron chi connectivity index (χ0n) is 22.2. The summed E-state index contributed by atoms with van der Waals surface area (Å²) >= 11 is 5.53. The highest BCUT2D eigenvalue weighted by molar-refractivity contribution is 7.80. The number of thiocarbonyl (C=S) groups is 1. The zero-order chi connectivity index (χ0) is 26.1. The molecule has 0 N–H and O–H groups in total. The third-order valence-corrected chi connectivity index (χ3v) is 6.39. The molecule has 0 aliphatic rings. The Kier molecular flexibility index (Phi) is 9.73. The summed E-state index contributed by atoms with van der Waals surface area (Å²) in [5.41, 5.74) is 3.59. The largest absolute Gasteiger partial charge is 0.491 e. The molecule has 0 saturated heterocycles. The molecule has 0 spiro atoms. The third kappa shape index (κ3) is 8.25. The van der Waals surface area contributed by atoms with Gasteiger partial charge in [-0.15, -0.1) is 0 Å². The zero-order valence-corrected chi connectivity index (χ0v) is 23.0. The number of para-hydroxylation sites is 1. The van der Waals surface area contributed by atoms with Gasteiger partial charge in [-0.05, 0) is 65.2 Å². The number of methoxy groups -OCH3 is 1. The van der Waals surface area contributed by atoms with Crippen molar-refractivity contribution in [1.82, 2.24) is 4.90 Å². The molecule has 0 aliphatic carbocycles. The Bertz CT molecular complexity index is 1100. The molecule has 0 amide bonds. The molecule has 5 nitrogen and oxygen atoms in total. The molecular formula is C30H38N2O3S. The normalized spacial score (nSPS) is 12.1. The third-order valence-electron chi connectivity index (χ3n) is 6.00. The van der Waals surface area contributed by atoms with Crippen molar-refractivity contribution in [2.24, 2.45) is 0 Å². The van der Waals surface area contributed by atoms with Crippen LogP contribution >= 0.6 is 12.2 Å². The minimum Gasteiger partial charge on any atom is -0.491 e. The van der Waals surface area contributed by atoms with Gasteiger partial charge in [0.15, 0.2) is 0 Å². The van der Waals surface area contributed by atoms with Gasteiger partial charge >= 0.3 is 0 Å². The smallest absolute Gasteiger partial charge is 0.264 e. The SMILES string of the molecule is COC(COc1cccc(CN(C)C(=S)Oc2ccc(C(C)(C)C)cc2)c1)CN(C)c1ccccc1. The molecule has 0 radical (unpaired) electrons. The number of anilines is 1. The number of rotatable bonds is 10. The average Bonchev–Trinajstić information content (AvgIpc) is 2.87. The Hall–Kier alpha value is -3.09. The van der Waals surface area contributed by atoms with Crippen molar-refractivity contribution in [3.05, 3.63) is 90.0 Å². The Labute approximate surface area is 221 Å². The Morgan fingerprint density at radius 2 is 1.58 bits per heavy atom. The number of hydrogen-bond acceptors (Lipinski definition) is 5. The lowest BCUT2D eigenvalue weighted by Gasteiger charge is -2.25. The first-order valence-corrected chi connectivity index (χ1v) is 12.6. The molecule has 0 saturated carbocycles. The van der Waals surface area contributed by atoms with Crippen LogP contribution in [0, 0.1) is 0 Å². The topological polar surface area (TPSA) is 34.2 Å². The molecule has 6 heteroatoms. The maximum Gasteiger partial charge on any atom is 0.264 e. The predicted molar refractivity (Wildman–Crippen MR) is 152 cm³/mol. The van der Waals surface area contributed by atoms with Crippen molar-refractivity contribution in [1.29, 1.82) is 0 Å². The number of ether oxygens (including phenoxy) is 3. The van der Waals surface area contributed by atoms with Gasteiger partial charge in [0.2, 0.25) is 0 Å². The second-order valence-corrected chi connectivity index (χ2v) is 10.4. The van der Waals surface area contributed by atoms with Crippen LogP contribution in [0.15, 0.2) is 78.9 Å². The molecule has 1 unspecified atom stereocenters. The Balaban J connectivity index is 1.52. The van der Waals surface area contributed by atoms with E-state index in [0.717, 1.165) is 29.3 Å². The van der Waals surface area contributed by atoms with Gasteiger partial charge in [-0.3, -0.25) is 0 Å². The molecule has 0 heterocycles. The molecule has 0 aliphatic heterocycles. The van der Waals surface area contributed by atoms with Crippen LogP contribution in [0.4, 0.5) is 5.69 Å². The van der Waals surface area contributed by atoms with E-state index >= 15 is 0 Å². The highest BCUT2D eigenvalue weighted by atomic mass is 32.1. The van der Waals surface area contributed by atoms with Crippen LogP contribution in [0.5, 0.6) is 11.5 Å². The van der Waals surface area contributed by atoms with Gasteiger partial charge in [-0.1, -0.05) is 63.2 Å². The summed E-state index contributed by atoms with van der Waals surface area (Å²) in [6.07, 6.45) is -0.0628. The van der Waals surface area contributed by atoms with Gasteiger partial charge in [0, 0.05) is 40.0 Å². The summed E-state index contributed by atoms with van der Waals surface area (Å²) in [5, 5.41) is 0.424. The first-order chi connectivity index (χ1) is 17.2. The maximum absolute atomic E-state index is 6.08. The summed E-state index contributed by atoms with van der Waals surface area (Å²) < 4.78 is 17.7. The van der Waals surface area contributed by atoms with Crippen molar-refractivity contribution >= 4 is 23.1 Å². The van der Waals surface area contributed by atoms with Gasteiger partial charge in [0.25, 0.3) is 5.17 Å². The van der Waals surface area contributed by atoms with Crippen molar-refractivity contribution in [3.8, 4) is 11.5 Å². The highest BCUT2D eigenvalue weighted by Crippen LogP contribution is 2.25. The molecule has 0 aromatic heterocycles. The number of nitrogens with zero attached hydrogens (tertiary/aromatic N) is 2. The standard InChI is InChI=1S/C30H38N2O3S/c1-30(2,3)24-15-17-26(18-16-24)35-29(36)32(5)20-23-11-10-14-27(19-23)34-22-28(33-6)21-31(4)25-12-8-7-9-13-25/h7-19,28H,20-22H2,1-6H3. The van der Waals surface area contributed by atoms with Crippen LogP contribution in [-0.2, 0) is 16.7 Å². The second-order valence-electron chi connectivity index (χ2n) is 10.0. The predicted octanol–water partition coefficient (Wildman–Crippen LogP) is 6.31. The second kappa shape index (κ2) is 12.7. The van der Waals surface area contributed by atoms with Gasteiger partial charge in [-0.2, -0.15) is 0 Å². The lowest BCUT2D eigenvalue weighted by molar-refractivity contribution is 0.0635. The van der Waals surface area contributed by atoms with Crippen LogP contribution in [0.1, 0.15) is 31.9 Å². The van der Waals surface area contributed by atoms with E-state index in [-0.39, 0.29) is 11.5 Å². The quantitative estimate of drug-likeness (QED) is 0.300. The van der Waals surface area contributed by atoms with Gasteiger partial charge in [0.05, 0.1) is 0 Å². The van der Waals surface area contributed by atoms with Gasteiger partial charge in [0.1, 0.15) is 24.2 Å². The first kappa shape index (κ1) is 27.5. The van der Waals surface area contributed by atoms with Crippen molar-refractivity contribution in [2.45, 2.75) is 38.8 Å². The van der Waals surface area contributed by atoms with Crippen LogP contribution < -0.4 is 14.4 Å². The summed E-state index contributed by atoms with van der Waals surface area (Å²) in [6, 6.07) is 26.4. The number of benzene rings is 3. The fourth-order valence-electron chi connectivity index (χ4n) is 3.75. The maximum atomic E-state index is 6.08. The molecule has 0 fully saturated rings. The van der Waals surface area contributed by atoms with E-state index in [1.165, 1.54) is 5.56 Å². The van der Waals surface area contributed by atoms with Crippen molar-refractivity contribution < 1.29 is 14.2 Å². The monoisotopic (exact) mass is 506 g/mol. The molecule has 3 rings (SSSR count). The average molecular weight is 507 g/mol. The van der Waals surface area contributed by atoms with Gasteiger partial charge in [-0.25, -0.2) is 0 Å². The minimum absolute atomic E-state index is 0.0628. The van der Waals surface area contributed by atoms with E-state index in [0.29, 0.717) is 18.3 Å². The molecular weight excluding hydrogens is 468 g/mol. The van der Waals surface area contributed by atoms with Crippen LogP contribution in [0.3, 0.4) is 0 Å². The van der Waals surface area contributed by atoms with Crippen LogP contribution in [0.2, 0.25) is 0 Å². The van der Waals surface area contributed by atoms with Crippen molar-refractivity contribution in [2.75, 3.05) is 39.3 Å². The minimum atomic E-state index is -0.0628. The van der Waals surface area contributed by atoms with Crippen LogP contribution in [-0.4, -0.2) is 50.5 Å². The lowest BCUT2D eigenvalue weighted by Crippen LogP contribution is -2.34. The highest BCUT2D eigenvalue weighted by Gasteiger charge is 2.15. The van der Waals surface area contributed by atoms with E-state index < -0.39 is 0 Å². The summed E-state index contributed by atoms with van der Waals surface area (Å²) in [5.74, 6) is 1.54. The van der Waals surface area contributed by atoms with Crippen molar-refractivity contribution in [3.63, 3.8) is 0 Å². The van der Waals surface area contributed by atoms with Crippen LogP contribution in [0.25, 0.3) is 0 Å². The molecule has 3 aromatic rings. The summed E-state index contributed by atoms with van der Waals surface area (Å²) in [4.78, 5) is 4.08. The molecule has 36 heavy (non-hydrogen) atoms. The number of likely N-dealkylation sites (N-methyl/N-ethyl adjacent to an activating group) is 1. The summed E-state index contributed by atoms with van der Waals surface area (Å²) in [6.45, 7) is 8.37. The fourth-order valence-corrected chi connectivity index (χ4v) is 3.91. The molecule has 0 bridgehead atoms. The molecule has 3 aromatic carbocycles. The molecule has 192 valence electrons. The fraction of sp³-hybridized carbons (Fsp3) is 0.367. The lowest BCUT2D eigenvalue weighted by atomic mass is 9.87.